The van der Waals surface area contributed by atoms with Gasteiger partial charge in [-0.2, -0.15) is 11.8 Å². The van der Waals surface area contributed by atoms with Gasteiger partial charge in [-0.1, -0.05) is 39.0 Å². The van der Waals surface area contributed by atoms with E-state index >= 15 is 0 Å². The Bertz CT molecular complexity index is 308. The number of pyridine rings is 1. The lowest BCUT2D eigenvalue weighted by molar-refractivity contribution is -0.696. The molecule has 0 N–H and O–H groups in total. The zero-order valence-corrected chi connectivity index (χ0v) is 13.6. The molecule has 1 aromatic heterocycles. The van der Waals surface area contributed by atoms with Gasteiger partial charge in [0.2, 0.25) is 0 Å². The molecular formula is C17H30NS+. The fourth-order valence-corrected chi connectivity index (χ4v) is 3.06. The number of hydrogen-bond acceptors (Lipinski definition) is 1. The number of hydrogen-bond donors (Lipinski definition) is 0. The van der Waals surface area contributed by atoms with Gasteiger partial charge < -0.3 is 0 Å². The zero-order chi connectivity index (χ0) is 13.8. The van der Waals surface area contributed by atoms with Crippen molar-refractivity contribution >= 4 is 11.8 Å². The third-order valence-electron chi connectivity index (χ3n) is 3.41. The molecule has 0 saturated carbocycles. The molecular weight excluding hydrogens is 250 g/mol. The molecule has 0 fully saturated rings. The summed E-state index contributed by atoms with van der Waals surface area (Å²) in [6.45, 7) is 5.58. The van der Waals surface area contributed by atoms with Crippen molar-refractivity contribution < 1.29 is 4.57 Å². The molecule has 0 aliphatic carbocycles. The molecule has 1 heterocycles. The van der Waals surface area contributed by atoms with Crippen LogP contribution in [0.3, 0.4) is 0 Å². The van der Waals surface area contributed by atoms with E-state index in [1.807, 2.05) is 0 Å². The summed E-state index contributed by atoms with van der Waals surface area (Å²) in [5.74, 6) is 2.65. The maximum Gasteiger partial charge on any atom is 0.169 e. The SMILES string of the molecule is CCCCCCCCSCCC[n+]1ccc(C)cc1. The Labute approximate surface area is 123 Å². The zero-order valence-electron chi connectivity index (χ0n) is 12.7. The summed E-state index contributed by atoms with van der Waals surface area (Å²) < 4.78 is 2.29. The van der Waals surface area contributed by atoms with Crippen LogP contribution >= 0.6 is 11.8 Å². The van der Waals surface area contributed by atoms with Crippen molar-refractivity contribution in [1.82, 2.24) is 0 Å². The first-order chi connectivity index (χ1) is 9.33. The quantitative estimate of drug-likeness (QED) is 0.417. The molecule has 19 heavy (non-hydrogen) atoms. The summed E-state index contributed by atoms with van der Waals surface area (Å²) in [5, 5.41) is 0. The van der Waals surface area contributed by atoms with Crippen molar-refractivity contribution in [3.05, 3.63) is 30.1 Å². The summed E-state index contributed by atoms with van der Waals surface area (Å²) >= 11 is 2.13. The predicted octanol–water partition coefficient (Wildman–Crippen LogP) is 4.77. The number of aryl methyl sites for hydroxylation is 2. The molecule has 0 unspecified atom stereocenters. The lowest BCUT2D eigenvalue weighted by atomic mass is 10.1. The fraction of sp³-hybridized carbons (Fsp3) is 0.706. The Kier molecular flexibility index (Phi) is 9.88. The van der Waals surface area contributed by atoms with Crippen LogP contribution in [0, 0.1) is 6.92 Å². The molecule has 0 bridgehead atoms. The summed E-state index contributed by atoms with van der Waals surface area (Å²) in [5.41, 5.74) is 1.34. The number of rotatable bonds is 11. The van der Waals surface area contributed by atoms with E-state index in [0.29, 0.717) is 0 Å². The van der Waals surface area contributed by atoms with Crippen LogP contribution in [0.4, 0.5) is 0 Å². The van der Waals surface area contributed by atoms with Gasteiger partial charge in [0.25, 0.3) is 0 Å². The van der Waals surface area contributed by atoms with Crippen LogP contribution in [0.1, 0.15) is 57.4 Å². The van der Waals surface area contributed by atoms with Gasteiger partial charge in [-0.25, -0.2) is 4.57 Å². The van der Waals surface area contributed by atoms with Gasteiger partial charge in [-0.3, -0.25) is 0 Å². The third kappa shape index (κ3) is 9.10. The minimum atomic E-state index is 1.16. The lowest BCUT2D eigenvalue weighted by Gasteiger charge is -2.01. The monoisotopic (exact) mass is 280 g/mol. The lowest BCUT2D eigenvalue weighted by Crippen LogP contribution is -2.32. The predicted molar refractivity (Wildman–Crippen MR) is 86.7 cm³/mol. The molecule has 108 valence electrons. The molecule has 0 spiro atoms. The van der Waals surface area contributed by atoms with E-state index in [-0.39, 0.29) is 0 Å². The third-order valence-corrected chi connectivity index (χ3v) is 4.56. The number of nitrogens with zero attached hydrogens (tertiary/aromatic N) is 1. The molecule has 0 atom stereocenters. The van der Waals surface area contributed by atoms with E-state index in [4.69, 9.17) is 0 Å². The van der Waals surface area contributed by atoms with Gasteiger partial charge in [-0.15, -0.1) is 0 Å². The Morgan fingerprint density at radius 2 is 1.53 bits per heavy atom. The Morgan fingerprint density at radius 3 is 2.26 bits per heavy atom. The highest BCUT2D eigenvalue weighted by Gasteiger charge is 1.99. The highest BCUT2D eigenvalue weighted by Crippen LogP contribution is 2.10. The number of unbranched alkanes of at least 4 members (excludes halogenated alkanes) is 5. The summed E-state index contributed by atoms with van der Waals surface area (Å²) in [7, 11) is 0. The van der Waals surface area contributed by atoms with Crippen LogP contribution in [0.5, 0.6) is 0 Å². The van der Waals surface area contributed by atoms with Gasteiger partial charge in [0.1, 0.15) is 6.54 Å². The van der Waals surface area contributed by atoms with Crippen molar-refractivity contribution in [2.45, 2.75) is 65.3 Å². The summed E-state index contributed by atoms with van der Waals surface area (Å²) in [6, 6.07) is 4.37. The van der Waals surface area contributed by atoms with Gasteiger partial charge in [-0.05, 0) is 30.4 Å². The van der Waals surface area contributed by atoms with E-state index in [0.717, 1.165) is 6.54 Å². The van der Waals surface area contributed by atoms with Crippen molar-refractivity contribution in [2.24, 2.45) is 0 Å². The molecule has 0 amide bonds. The maximum atomic E-state index is 2.29. The second kappa shape index (κ2) is 11.3. The molecule has 0 aliphatic heterocycles. The molecule has 0 aromatic carbocycles. The topological polar surface area (TPSA) is 3.88 Å². The van der Waals surface area contributed by atoms with Gasteiger partial charge >= 0.3 is 0 Å². The van der Waals surface area contributed by atoms with Crippen molar-refractivity contribution in [1.29, 1.82) is 0 Å². The molecule has 0 aliphatic rings. The van der Waals surface area contributed by atoms with Crippen LogP contribution < -0.4 is 4.57 Å². The van der Waals surface area contributed by atoms with Crippen molar-refractivity contribution in [3.63, 3.8) is 0 Å². The first kappa shape index (κ1) is 16.6. The first-order valence-corrected chi connectivity index (χ1v) is 9.02. The van der Waals surface area contributed by atoms with Crippen LogP contribution in [0.15, 0.2) is 24.5 Å². The highest BCUT2D eigenvalue weighted by atomic mass is 32.2. The van der Waals surface area contributed by atoms with E-state index < -0.39 is 0 Å². The van der Waals surface area contributed by atoms with Crippen LogP contribution in [-0.2, 0) is 6.54 Å². The van der Waals surface area contributed by atoms with Crippen LogP contribution in [0.25, 0.3) is 0 Å². The normalized spacial score (nSPS) is 10.8. The van der Waals surface area contributed by atoms with E-state index in [1.54, 1.807) is 0 Å². The first-order valence-electron chi connectivity index (χ1n) is 7.86. The molecule has 0 saturated heterocycles. The van der Waals surface area contributed by atoms with Crippen molar-refractivity contribution in [2.75, 3.05) is 11.5 Å². The smallest absolute Gasteiger partial charge is 0.169 e. The number of aromatic nitrogens is 1. The highest BCUT2D eigenvalue weighted by molar-refractivity contribution is 7.99. The molecule has 1 aromatic rings. The van der Waals surface area contributed by atoms with Crippen molar-refractivity contribution in [3.8, 4) is 0 Å². The van der Waals surface area contributed by atoms with E-state index in [1.165, 1.54) is 62.0 Å². The van der Waals surface area contributed by atoms with Gasteiger partial charge in [0, 0.05) is 18.6 Å². The maximum absolute atomic E-state index is 2.29. The average molecular weight is 281 g/mol. The van der Waals surface area contributed by atoms with E-state index in [9.17, 15) is 0 Å². The Balaban J connectivity index is 1.87. The van der Waals surface area contributed by atoms with Gasteiger partial charge in [0.15, 0.2) is 12.4 Å². The largest absolute Gasteiger partial charge is 0.205 e. The number of thioether (sulfide) groups is 1. The van der Waals surface area contributed by atoms with Crippen LogP contribution in [-0.4, -0.2) is 11.5 Å². The molecule has 2 heteroatoms. The van der Waals surface area contributed by atoms with Gasteiger partial charge in [0.05, 0.1) is 0 Å². The second-order valence-electron chi connectivity index (χ2n) is 5.35. The Hall–Kier alpha value is -0.500. The van der Waals surface area contributed by atoms with E-state index in [2.05, 4.69) is 54.7 Å². The van der Waals surface area contributed by atoms with Crippen LogP contribution in [0.2, 0.25) is 0 Å². The average Bonchev–Trinajstić information content (AvgIpc) is 2.43. The summed E-state index contributed by atoms with van der Waals surface area (Å²) in [6.07, 6.45) is 14.1. The minimum absolute atomic E-state index is 1.16. The minimum Gasteiger partial charge on any atom is -0.205 e. The molecule has 1 nitrogen and oxygen atoms in total. The second-order valence-corrected chi connectivity index (χ2v) is 6.57. The fourth-order valence-electron chi connectivity index (χ4n) is 2.12. The summed E-state index contributed by atoms with van der Waals surface area (Å²) in [4.78, 5) is 0. The molecule has 0 radical (unpaired) electrons. The standard InChI is InChI=1S/C17H30NS/c1-3-4-5-6-7-8-15-19-16-9-12-18-13-10-17(2)11-14-18/h10-11,13-14H,3-9,12,15-16H2,1-2H3/q+1. The Morgan fingerprint density at radius 1 is 0.895 bits per heavy atom. The molecule has 1 rings (SSSR count).